The SMILES string of the molecule is CCn1nccc1C(=O)OC1CCN(Cc2ccccc2C#N)CC1. The van der Waals surface area contributed by atoms with Crippen LogP contribution < -0.4 is 0 Å². The molecule has 25 heavy (non-hydrogen) atoms. The van der Waals surface area contributed by atoms with Crippen molar-refractivity contribution in [2.24, 2.45) is 0 Å². The summed E-state index contributed by atoms with van der Waals surface area (Å²) in [5.41, 5.74) is 2.28. The van der Waals surface area contributed by atoms with Crippen molar-refractivity contribution in [3.63, 3.8) is 0 Å². The molecule has 1 saturated heterocycles. The van der Waals surface area contributed by atoms with Gasteiger partial charge >= 0.3 is 5.97 Å². The van der Waals surface area contributed by atoms with Crippen LogP contribution >= 0.6 is 0 Å². The van der Waals surface area contributed by atoms with Gasteiger partial charge in [0.2, 0.25) is 0 Å². The fourth-order valence-corrected chi connectivity index (χ4v) is 3.16. The van der Waals surface area contributed by atoms with Gasteiger partial charge in [-0.2, -0.15) is 10.4 Å². The minimum atomic E-state index is -0.298. The lowest BCUT2D eigenvalue weighted by Gasteiger charge is -2.31. The van der Waals surface area contributed by atoms with E-state index in [2.05, 4.69) is 16.1 Å². The highest BCUT2D eigenvalue weighted by Gasteiger charge is 2.24. The zero-order chi connectivity index (χ0) is 17.6. The Balaban J connectivity index is 1.52. The number of carbonyl (C=O) groups excluding carboxylic acids is 1. The van der Waals surface area contributed by atoms with Crippen LogP contribution in [0.2, 0.25) is 0 Å². The number of hydrogen-bond acceptors (Lipinski definition) is 5. The van der Waals surface area contributed by atoms with Gasteiger partial charge in [0.15, 0.2) is 0 Å². The number of nitriles is 1. The first-order chi connectivity index (χ1) is 12.2. The largest absolute Gasteiger partial charge is 0.458 e. The van der Waals surface area contributed by atoms with E-state index in [0.29, 0.717) is 12.2 Å². The number of hydrogen-bond donors (Lipinski definition) is 0. The van der Waals surface area contributed by atoms with Gasteiger partial charge in [-0.05, 0) is 37.5 Å². The molecular weight excluding hydrogens is 316 g/mol. The Morgan fingerprint density at radius 3 is 2.80 bits per heavy atom. The maximum absolute atomic E-state index is 12.3. The van der Waals surface area contributed by atoms with Gasteiger partial charge in [-0.25, -0.2) is 4.79 Å². The number of aryl methyl sites for hydroxylation is 1. The third-order valence-corrected chi connectivity index (χ3v) is 4.57. The summed E-state index contributed by atoms with van der Waals surface area (Å²) in [4.78, 5) is 14.6. The molecule has 1 aromatic carbocycles. The number of piperidine rings is 1. The molecule has 130 valence electrons. The second-order valence-corrected chi connectivity index (χ2v) is 6.18. The average Bonchev–Trinajstić information content (AvgIpc) is 3.13. The summed E-state index contributed by atoms with van der Waals surface area (Å²) in [5, 5.41) is 13.3. The number of aromatic nitrogens is 2. The molecule has 0 amide bonds. The first-order valence-corrected chi connectivity index (χ1v) is 8.64. The molecule has 3 rings (SSSR count). The second kappa shape index (κ2) is 7.95. The molecule has 1 aromatic heterocycles. The van der Waals surface area contributed by atoms with Crippen molar-refractivity contribution in [1.29, 1.82) is 5.26 Å². The molecule has 1 aliphatic rings. The van der Waals surface area contributed by atoms with Crippen LogP contribution in [0, 0.1) is 11.3 Å². The molecule has 0 bridgehead atoms. The first-order valence-electron chi connectivity index (χ1n) is 8.64. The summed E-state index contributed by atoms with van der Waals surface area (Å²) in [6.45, 7) is 5.05. The van der Waals surface area contributed by atoms with Gasteiger partial charge < -0.3 is 4.74 Å². The van der Waals surface area contributed by atoms with E-state index >= 15 is 0 Å². The number of esters is 1. The molecule has 2 heterocycles. The van der Waals surface area contributed by atoms with E-state index in [0.717, 1.165) is 43.6 Å². The number of likely N-dealkylation sites (tertiary alicyclic amines) is 1. The number of nitrogens with zero attached hydrogens (tertiary/aromatic N) is 4. The van der Waals surface area contributed by atoms with E-state index in [-0.39, 0.29) is 12.1 Å². The third-order valence-electron chi connectivity index (χ3n) is 4.57. The van der Waals surface area contributed by atoms with Crippen molar-refractivity contribution >= 4 is 5.97 Å². The quantitative estimate of drug-likeness (QED) is 0.784. The topological polar surface area (TPSA) is 71.2 Å². The maximum Gasteiger partial charge on any atom is 0.356 e. The van der Waals surface area contributed by atoms with E-state index in [1.807, 2.05) is 31.2 Å². The number of ether oxygens (including phenoxy) is 1. The van der Waals surface area contributed by atoms with Crippen molar-refractivity contribution in [1.82, 2.24) is 14.7 Å². The molecule has 2 aromatic rings. The van der Waals surface area contributed by atoms with Crippen LogP contribution in [0.25, 0.3) is 0 Å². The number of benzene rings is 1. The Morgan fingerprint density at radius 1 is 1.32 bits per heavy atom. The molecule has 0 radical (unpaired) electrons. The smallest absolute Gasteiger partial charge is 0.356 e. The van der Waals surface area contributed by atoms with Crippen LogP contribution in [0.5, 0.6) is 0 Å². The lowest BCUT2D eigenvalue weighted by molar-refractivity contribution is 0.00921. The predicted molar refractivity (Wildman–Crippen MR) is 92.8 cm³/mol. The summed E-state index contributed by atoms with van der Waals surface area (Å²) < 4.78 is 7.29. The minimum Gasteiger partial charge on any atom is -0.458 e. The number of rotatable bonds is 5. The van der Waals surface area contributed by atoms with Crippen molar-refractivity contribution in [2.45, 2.75) is 39.0 Å². The summed E-state index contributed by atoms with van der Waals surface area (Å²) in [5.74, 6) is -0.298. The maximum atomic E-state index is 12.3. The molecule has 1 fully saturated rings. The number of carbonyl (C=O) groups is 1. The average molecular weight is 338 g/mol. The Hall–Kier alpha value is -2.65. The lowest BCUT2D eigenvalue weighted by Crippen LogP contribution is -2.37. The van der Waals surface area contributed by atoms with Crippen molar-refractivity contribution in [3.8, 4) is 6.07 Å². The molecule has 0 N–H and O–H groups in total. The van der Waals surface area contributed by atoms with Gasteiger partial charge in [-0.3, -0.25) is 9.58 Å². The van der Waals surface area contributed by atoms with Gasteiger partial charge in [0, 0.05) is 32.4 Å². The van der Waals surface area contributed by atoms with E-state index in [1.165, 1.54) is 0 Å². The Morgan fingerprint density at radius 2 is 2.08 bits per heavy atom. The first kappa shape index (κ1) is 17.2. The summed E-state index contributed by atoms with van der Waals surface area (Å²) in [7, 11) is 0. The standard InChI is InChI=1S/C19H22N4O2/c1-2-23-18(7-10-21-23)19(24)25-17-8-11-22(12-9-17)14-16-6-4-3-5-15(16)13-20/h3-7,10,17H,2,8-9,11-12,14H2,1H3. The highest BCUT2D eigenvalue weighted by Crippen LogP contribution is 2.19. The van der Waals surface area contributed by atoms with E-state index in [4.69, 9.17) is 4.74 Å². The second-order valence-electron chi connectivity index (χ2n) is 6.18. The highest BCUT2D eigenvalue weighted by molar-refractivity contribution is 5.87. The predicted octanol–water partition coefficient (Wildman–Crippen LogP) is 2.60. The van der Waals surface area contributed by atoms with Crippen molar-refractivity contribution in [3.05, 3.63) is 53.3 Å². The van der Waals surface area contributed by atoms with Crippen LogP contribution in [0.1, 0.15) is 41.4 Å². The molecule has 1 aliphatic heterocycles. The van der Waals surface area contributed by atoms with Crippen molar-refractivity contribution in [2.75, 3.05) is 13.1 Å². The zero-order valence-corrected chi connectivity index (χ0v) is 14.4. The fraction of sp³-hybridized carbons (Fsp3) is 0.421. The monoisotopic (exact) mass is 338 g/mol. The normalized spacial score (nSPS) is 15.7. The van der Waals surface area contributed by atoms with Crippen LogP contribution in [-0.4, -0.2) is 39.8 Å². The minimum absolute atomic E-state index is 0.0600. The Kier molecular flexibility index (Phi) is 5.46. The highest BCUT2D eigenvalue weighted by atomic mass is 16.5. The molecule has 0 aliphatic carbocycles. The van der Waals surface area contributed by atoms with Crippen LogP contribution in [0.4, 0.5) is 0 Å². The Bertz CT molecular complexity index is 770. The van der Waals surface area contributed by atoms with Crippen LogP contribution in [-0.2, 0) is 17.8 Å². The van der Waals surface area contributed by atoms with E-state index in [1.54, 1.807) is 16.9 Å². The molecular formula is C19H22N4O2. The summed E-state index contributed by atoms with van der Waals surface area (Å²) >= 11 is 0. The molecule has 0 spiro atoms. The van der Waals surface area contributed by atoms with Gasteiger partial charge in [0.05, 0.1) is 11.6 Å². The third kappa shape index (κ3) is 4.06. The summed E-state index contributed by atoms with van der Waals surface area (Å²) in [6.07, 6.45) is 3.17. The molecule has 0 unspecified atom stereocenters. The molecule has 6 nitrogen and oxygen atoms in total. The van der Waals surface area contributed by atoms with Gasteiger partial charge in [-0.15, -0.1) is 0 Å². The van der Waals surface area contributed by atoms with Gasteiger partial charge in [0.1, 0.15) is 11.8 Å². The fourth-order valence-electron chi connectivity index (χ4n) is 3.16. The summed E-state index contributed by atoms with van der Waals surface area (Å²) in [6, 6.07) is 11.6. The van der Waals surface area contributed by atoms with E-state index < -0.39 is 0 Å². The van der Waals surface area contributed by atoms with Crippen molar-refractivity contribution < 1.29 is 9.53 Å². The van der Waals surface area contributed by atoms with Gasteiger partial charge in [-0.1, -0.05) is 18.2 Å². The van der Waals surface area contributed by atoms with E-state index in [9.17, 15) is 10.1 Å². The molecule has 0 atom stereocenters. The zero-order valence-electron chi connectivity index (χ0n) is 14.4. The Labute approximate surface area is 147 Å². The lowest BCUT2D eigenvalue weighted by atomic mass is 10.0. The molecule has 6 heteroatoms. The van der Waals surface area contributed by atoms with Gasteiger partial charge in [0.25, 0.3) is 0 Å². The molecule has 0 saturated carbocycles. The van der Waals surface area contributed by atoms with Crippen LogP contribution in [0.15, 0.2) is 36.5 Å². The van der Waals surface area contributed by atoms with Crippen LogP contribution in [0.3, 0.4) is 0 Å².